The Kier molecular flexibility index (Phi) is 3.02. The van der Waals surface area contributed by atoms with Gasteiger partial charge in [-0.2, -0.15) is 4.98 Å². The van der Waals surface area contributed by atoms with Crippen LogP contribution in [0.1, 0.15) is 44.4 Å². The van der Waals surface area contributed by atoms with Gasteiger partial charge in [-0.15, -0.1) is 0 Å². The van der Waals surface area contributed by atoms with E-state index in [0.29, 0.717) is 24.2 Å². The maximum absolute atomic E-state index is 5.94. The summed E-state index contributed by atoms with van der Waals surface area (Å²) in [5.41, 5.74) is 5.94. The first-order chi connectivity index (χ1) is 7.16. The van der Waals surface area contributed by atoms with Gasteiger partial charge in [-0.1, -0.05) is 5.16 Å². The standard InChI is InChI=1S/C10H17N3O2/c1-6(2)14-5-8-12-10(13-15-8)9(11)7-3-4-7/h6-7,9H,3-5,11H2,1-2H3. The Balaban J connectivity index is 1.91. The normalized spacial score (nSPS) is 18.4. The van der Waals surface area contributed by atoms with Crippen molar-refractivity contribution in [3.05, 3.63) is 11.7 Å². The first-order valence-corrected chi connectivity index (χ1v) is 5.36. The summed E-state index contributed by atoms with van der Waals surface area (Å²) in [7, 11) is 0. The maximum atomic E-state index is 5.94. The van der Waals surface area contributed by atoms with Crippen LogP contribution in [0.4, 0.5) is 0 Å². The second-order valence-corrected chi connectivity index (χ2v) is 4.27. The molecule has 1 saturated carbocycles. The summed E-state index contributed by atoms with van der Waals surface area (Å²) in [4.78, 5) is 4.22. The molecule has 0 radical (unpaired) electrons. The van der Waals surface area contributed by atoms with E-state index in [0.717, 1.165) is 0 Å². The largest absolute Gasteiger partial charge is 0.369 e. The monoisotopic (exact) mass is 211 g/mol. The topological polar surface area (TPSA) is 74.2 Å². The van der Waals surface area contributed by atoms with E-state index in [1.807, 2.05) is 13.8 Å². The number of rotatable bonds is 5. The minimum absolute atomic E-state index is 0.0680. The molecule has 0 aliphatic heterocycles. The van der Waals surface area contributed by atoms with Crippen LogP contribution in [0.5, 0.6) is 0 Å². The molecule has 1 aromatic rings. The average molecular weight is 211 g/mol. The second-order valence-electron chi connectivity index (χ2n) is 4.27. The van der Waals surface area contributed by atoms with Crippen LogP contribution in [0.15, 0.2) is 4.52 Å². The minimum atomic E-state index is -0.0680. The Morgan fingerprint density at radius 2 is 2.27 bits per heavy atom. The highest BCUT2D eigenvalue weighted by Gasteiger charge is 2.32. The lowest BCUT2D eigenvalue weighted by Gasteiger charge is -2.03. The molecule has 1 fully saturated rings. The third kappa shape index (κ3) is 2.76. The maximum Gasteiger partial charge on any atom is 0.252 e. The van der Waals surface area contributed by atoms with Crippen LogP contribution in [0.3, 0.4) is 0 Å². The molecule has 0 spiro atoms. The molecule has 1 aromatic heterocycles. The third-order valence-corrected chi connectivity index (χ3v) is 2.45. The zero-order chi connectivity index (χ0) is 10.8. The number of nitrogens with zero attached hydrogens (tertiary/aromatic N) is 2. The molecule has 1 unspecified atom stereocenters. The fourth-order valence-electron chi connectivity index (χ4n) is 1.37. The van der Waals surface area contributed by atoms with Crippen molar-refractivity contribution in [3.63, 3.8) is 0 Å². The Labute approximate surface area is 89.0 Å². The molecule has 2 N–H and O–H groups in total. The quantitative estimate of drug-likeness (QED) is 0.796. The summed E-state index contributed by atoms with van der Waals surface area (Å²) < 4.78 is 10.4. The van der Waals surface area contributed by atoms with Gasteiger partial charge in [0.2, 0.25) is 0 Å². The summed E-state index contributed by atoms with van der Waals surface area (Å²) >= 11 is 0. The van der Waals surface area contributed by atoms with Gasteiger partial charge in [-0.25, -0.2) is 0 Å². The molecule has 1 aliphatic rings. The number of hydrogen-bond acceptors (Lipinski definition) is 5. The van der Waals surface area contributed by atoms with Crippen molar-refractivity contribution in [2.24, 2.45) is 11.7 Å². The molecule has 5 heteroatoms. The van der Waals surface area contributed by atoms with Crippen molar-refractivity contribution >= 4 is 0 Å². The van der Waals surface area contributed by atoms with Crippen LogP contribution < -0.4 is 5.73 Å². The summed E-state index contributed by atoms with van der Waals surface area (Å²) in [6.07, 6.45) is 2.51. The molecule has 0 amide bonds. The smallest absolute Gasteiger partial charge is 0.252 e. The molecule has 1 aliphatic carbocycles. The third-order valence-electron chi connectivity index (χ3n) is 2.45. The zero-order valence-electron chi connectivity index (χ0n) is 9.14. The summed E-state index contributed by atoms with van der Waals surface area (Å²) in [6.45, 7) is 4.29. The molecule has 0 aromatic carbocycles. The molecule has 1 heterocycles. The molecule has 0 saturated heterocycles. The fraction of sp³-hybridized carbons (Fsp3) is 0.800. The first-order valence-electron chi connectivity index (χ1n) is 5.36. The van der Waals surface area contributed by atoms with E-state index in [1.54, 1.807) is 0 Å². The highest BCUT2D eigenvalue weighted by molar-refractivity contribution is 4.99. The van der Waals surface area contributed by atoms with Gasteiger partial charge in [0.25, 0.3) is 5.89 Å². The molecule has 0 bridgehead atoms. The molecular formula is C10H17N3O2. The van der Waals surface area contributed by atoms with Gasteiger partial charge in [0.15, 0.2) is 5.82 Å². The van der Waals surface area contributed by atoms with E-state index in [-0.39, 0.29) is 12.1 Å². The van der Waals surface area contributed by atoms with Gasteiger partial charge in [-0.3, -0.25) is 0 Å². The van der Waals surface area contributed by atoms with Crippen LogP contribution in [0, 0.1) is 5.92 Å². The molecule has 15 heavy (non-hydrogen) atoms. The summed E-state index contributed by atoms with van der Waals surface area (Å²) in [5, 5.41) is 3.86. The molecule has 1 atom stereocenters. The zero-order valence-corrected chi connectivity index (χ0v) is 9.14. The van der Waals surface area contributed by atoms with Crippen LogP contribution in [-0.2, 0) is 11.3 Å². The summed E-state index contributed by atoms with van der Waals surface area (Å²) in [5.74, 6) is 1.66. The Morgan fingerprint density at radius 3 is 2.87 bits per heavy atom. The Hall–Kier alpha value is -0.940. The van der Waals surface area contributed by atoms with Crippen molar-refractivity contribution < 1.29 is 9.26 Å². The second kappa shape index (κ2) is 4.28. The molecule has 84 valence electrons. The highest BCUT2D eigenvalue weighted by atomic mass is 16.5. The fourth-order valence-corrected chi connectivity index (χ4v) is 1.37. The molecule has 2 rings (SSSR count). The van der Waals surface area contributed by atoms with E-state index in [1.165, 1.54) is 12.8 Å². The molecular weight excluding hydrogens is 194 g/mol. The number of nitrogens with two attached hydrogens (primary N) is 1. The van der Waals surface area contributed by atoms with Crippen molar-refractivity contribution in [3.8, 4) is 0 Å². The lowest BCUT2D eigenvalue weighted by molar-refractivity contribution is 0.0485. The predicted molar refractivity (Wildman–Crippen MR) is 53.9 cm³/mol. The van der Waals surface area contributed by atoms with Gasteiger partial charge in [0.05, 0.1) is 12.1 Å². The van der Waals surface area contributed by atoms with E-state index in [4.69, 9.17) is 15.0 Å². The van der Waals surface area contributed by atoms with Crippen LogP contribution in [0.2, 0.25) is 0 Å². The number of ether oxygens (including phenoxy) is 1. The van der Waals surface area contributed by atoms with Crippen molar-refractivity contribution in [2.45, 2.75) is 45.4 Å². The van der Waals surface area contributed by atoms with Crippen molar-refractivity contribution in [1.82, 2.24) is 10.1 Å². The first kappa shape index (κ1) is 10.6. The van der Waals surface area contributed by atoms with Gasteiger partial charge in [0.1, 0.15) is 6.61 Å². The number of aromatic nitrogens is 2. The van der Waals surface area contributed by atoms with Gasteiger partial charge < -0.3 is 15.0 Å². The Bertz CT molecular complexity index is 320. The SMILES string of the molecule is CC(C)OCc1nc(C(N)C2CC2)no1. The van der Waals surface area contributed by atoms with Crippen molar-refractivity contribution in [1.29, 1.82) is 0 Å². The van der Waals surface area contributed by atoms with E-state index in [2.05, 4.69) is 10.1 Å². The van der Waals surface area contributed by atoms with Crippen LogP contribution in [0.25, 0.3) is 0 Å². The Morgan fingerprint density at radius 1 is 1.53 bits per heavy atom. The lowest BCUT2D eigenvalue weighted by Crippen LogP contribution is -2.14. The molecule has 5 nitrogen and oxygen atoms in total. The predicted octanol–water partition coefficient (Wildman–Crippen LogP) is 1.40. The lowest BCUT2D eigenvalue weighted by atomic mass is 10.2. The van der Waals surface area contributed by atoms with Gasteiger partial charge >= 0.3 is 0 Å². The van der Waals surface area contributed by atoms with E-state index < -0.39 is 0 Å². The van der Waals surface area contributed by atoms with Gasteiger partial charge in [0, 0.05) is 0 Å². The van der Waals surface area contributed by atoms with Crippen LogP contribution in [-0.4, -0.2) is 16.2 Å². The minimum Gasteiger partial charge on any atom is -0.369 e. The van der Waals surface area contributed by atoms with E-state index >= 15 is 0 Å². The van der Waals surface area contributed by atoms with Crippen molar-refractivity contribution in [2.75, 3.05) is 0 Å². The summed E-state index contributed by atoms with van der Waals surface area (Å²) in [6, 6.07) is -0.0680. The van der Waals surface area contributed by atoms with Crippen LogP contribution >= 0.6 is 0 Å². The number of hydrogen-bond donors (Lipinski definition) is 1. The van der Waals surface area contributed by atoms with Gasteiger partial charge in [-0.05, 0) is 32.6 Å². The highest BCUT2D eigenvalue weighted by Crippen LogP contribution is 2.38. The average Bonchev–Trinajstić information content (AvgIpc) is 2.93. The van der Waals surface area contributed by atoms with E-state index in [9.17, 15) is 0 Å².